The van der Waals surface area contributed by atoms with Gasteiger partial charge in [-0.1, -0.05) is 68.5 Å². The molecule has 2 aliphatic rings. The van der Waals surface area contributed by atoms with Crippen molar-refractivity contribution in [1.82, 2.24) is 21.1 Å². The van der Waals surface area contributed by atoms with Crippen LogP contribution in [0.15, 0.2) is 84.0 Å². The molecule has 0 radical (unpaired) electrons. The molecule has 1 aromatic rings. The number of carbonyl (C=O) groups excluding carboxylic acids is 6. The maximum absolute atomic E-state index is 14.3. The summed E-state index contributed by atoms with van der Waals surface area (Å²) in [4.78, 5) is 80.3. The van der Waals surface area contributed by atoms with Gasteiger partial charge in [-0.2, -0.15) is 0 Å². The van der Waals surface area contributed by atoms with E-state index in [0.717, 1.165) is 0 Å². The number of cyclic esters (lactones) is 1. The summed E-state index contributed by atoms with van der Waals surface area (Å²) in [6, 6.07) is 3.04. The summed E-state index contributed by atoms with van der Waals surface area (Å²) < 4.78 is 11.4. The second-order valence-corrected chi connectivity index (χ2v) is 16.5. The van der Waals surface area contributed by atoms with E-state index in [-0.39, 0.29) is 43.8 Å². The summed E-state index contributed by atoms with van der Waals surface area (Å²) in [5.74, 6) is -4.70. The standard InChI is InChI=1S/C45H62N4O10/c1-28(2)39-42(55)46-36(27-32-18-14-19-33(51)26-32)43(56)49-25-15-20-35(48-49)44(57)58-37(29(3)17-13-22-38(52)59-45(6,7)8)21-12-10-9-11-16-30(4)40(53)34(41(54)47-39)24-23-31(5)50/h9-14,16-19,22,26,28,34-37,39-40,48,51,53H,15,20-21,23-25,27H2,1-8H3,(H,46,55)(H,47,54). The molecule has 14 nitrogen and oxygen atoms in total. The maximum Gasteiger partial charge on any atom is 0.331 e. The van der Waals surface area contributed by atoms with Crippen molar-refractivity contribution in [3.8, 4) is 5.75 Å². The van der Waals surface area contributed by atoms with Crippen molar-refractivity contribution < 1.29 is 48.5 Å². The van der Waals surface area contributed by atoms with Crippen LogP contribution in [-0.2, 0) is 44.7 Å². The SMILES string of the molecule is CC(=O)CCC1C(=O)NC(C(C)C)C(=O)NC(Cc2cccc(O)c2)C(=O)N2CCCC(N2)C(=O)OC(C(C)=CC=CC(=O)OC(C)(C)C)CC=CC=CC=C(C)C1O. The summed E-state index contributed by atoms with van der Waals surface area (Å²) in [6.45, 7) is 13.8. The number of benzene rings is 1. The molecule has 6 unspecified atom stereocenters. The Kier molecular flexibility index (Phi) is 18.5. The van der Waals surface area contributed by atoms with Crippen molar-refractivity contribution in [2.24, 2.45) is 11.8 Å². The van der Waals surface area contributed by atoms with Gasteiger partial charge in [0.25, 0.3) is 5.91 Å². The lowest BCUT2D eigenvalue weighted by molar-refractivity contribution is -0.156. The number of Topliss-reactive ketones (excluding diaryl/α,β-unsaturated/α-hetero) is 1. The number of nitrogens with one attached hydrogen (secondary N) is 3. The number of phenolic OH excluding ortho intramolecular Hbond substituents is 1. The van der Waals surface area contributed by atoms with Crippen LogP contribution in [0.2, 0.25) is 0 Å². The van der Waals surface area contributed by atoms with Crippen molar-refractivity contribution >= 4 is 35.4 Å². The number of carbonyl (C=O) groups is 6. The second kappa shape index (κ2) is 22.7. The summed E-state index contributed by atoms with van der Waals surface area (Å²) in [7, 11) is 0. The molecule has 1 saturated heterocycles. The molecule has 0 aliphatic carbocycles. The molecule has 6 atom stereocenters. The van der Waals surface area contributed by atoms with Crippen LogP contribution in [0.4, 0.5) is 0 Å². The molecule has 2 aliphatic heterocycles. The third-order valence-corrected chi connectivity index (χ3v) is 9.77. The lowest BCUT2D eigenvalue weighted by Gasteiger charge is -2.36. The number of amides is 3. The average molecular weight is 819 g/mol. The first-order chi connectivity index (χ1) is 27.7. The first-order valence-corrected chi connectivity index (χ1v) is 20.2. The number of ether oxygens (including phenoxy) is 2. The van der Waals surface area contributed by atoms with Gasteiger partial charge in [0.05, 0.1) is 12.0 Å². The Bertz CT molecular complexity index is 1820. The predicted octanol–water partition coefficient (Wildman–Crippen LogP) is 4.62. The van der Waals surface area contributed by atoms with Crippen molar-refractivity contribution in [3.05, 3.63) is 89.6 Å². The van der Waals surface area contributed by atoms with Gasteiger partial charge in [0, 0.05) is 31.9 Å². The Morgan fingerprint density at radius 1 is 1.05 bits per heavy atom. The molecular weight excluding hydrogens is 757 g/mol. The number of rotatable bonds is 9. The Labute approximate surface area is 347 Å². The minimum Gasteiger partial charge on any atom is -0.508 e. The Morgan fingerprint density at radius 2 is 1.78 bits per heavy atom. The summed E-state index contributed by atoms with van der Waals surface area (Å²) >= 11 is 0. The van der Waals surface area contributed by atoms with E-state index in [9.17, 15) is 39.0 Å². The molecule has 2 bridgehead atoms. The molecule has 0 saturated carbocycles. The predicted molar refractivity (Wildman–Crippen MR) is 223 cm³/mol. The number of esters is 2. The molecule has 14 heteroatoms. The number of hydrogen-bond donors (Lipinski definition) is 5. The van der Waals surface area contributed by atoms with Crippen molar-refractivity contribution in [2.45, 2.75) is 130 Å². The first kappa shape index (κ1) is 48.0. The van der Waals surface area contributed by atoms with Crippen LogP contribution in [0.5, 0.6) is 5.75 Å². The van der Waals surface area contributed by atoms with Gasteiger partial charge in [0.1, 0.15) is 41.4 Å². The summed E-state index contributed by atoms with van der Waals surface area (Å²) in [5, 5.41) is 28.5. The van der Waals surface area contributed by atoms with Gasteiger partial charge in [-0.05, 0) is 95.6 Å². The largest absolute Gasteiger partial charge is 0.508 e. The number of hydrazine groups is 1. The minimum atomic E-state index is -1.29. The topological polar surface area (TPSA) is 201 Å². The zero-order valence-electron chi connectivity index (χ0n) is 35.5. The molecule has 1 aromatic carbocycles. The molecule has 0 aromatic heterocycles. The zero-order valence-corrected chi connectivity index (χ0v) is 35.5. The lowest BCUT2D eigenvalue weighted by Crippen LogP contribution is -2.62. The van der Waals surface area contributed by atoms with Crippen LogP contribution >= 0.6 is 0 Å². The first-order valence-electron chi connectivity index (χ1n) is 20.2. The van der Waals surface area contributed by atoms with Gasteiger partial charge >= 0.3 is 11.9 Å². The number of ketones is 1. The normalized spacial score (nSPS) is 24.7. The minimum absolute atomic E-state index is 0.0280. The van der Waals surface area contributed by atoms with Crippen molar-refractivity contribution in [1.29, 1.82) is 0 Å². The second-order valence-electron chi connectivity index (χ2n) is 16.5. The van der Waals surface area contributed by atoms with E-state index >= 15 is 0 Å². The highest BCUT2D eigenvalue weighted by Crippen LogP contribution is 2.22. The van der Waals surface area contributed by atoms with Crippen LogP contribution in [0.3, 0.4) is 0 Å². The van der Waals surface area contributed by atoms with E-state index in [0.29, 0.717) is 29.6 Å². The Hall–Kier alpha value is -5.34. The third-order valence-electron chi connectivity index (χ3n) is 9.77. The summed E-state index contributed by atoms with van der Waals surface area (Å²) in [6.07, 6.45) is 12.1. The van der Waals surface area contributed by atoms with Crippen LogP contribution in [-0.4, -0.2) is 93.1 Å². The number of nitrogens with zero attached hydrogens (tertiary/aromatic N) is 1. The Morgan fingerprint density at radius 3 is 2.44 bits per heavy atom. The molecular formula is C45H62N4O10. The van der Waals surface area contributed by atoms with Crippen LogP contribution in [0.1, 0.15) is 93.1 Å². The van der Waals surface area contributed by atoms with Crippen LogP contribution in [0, 0.1) is 11.8 Å². The molecule has 5 N–H and O–H groups in total. The fourth-order valence-corrected chi connectivity index (χ4v) is 6.51. The average Bonchev–Trinajstić information content (AvgIpc) is 3.15. The Balaban J connectivity index is 2.06. The van der Waals surface area contributed by atoms with Gasteiger partial charge in [-0.15, -0.1) is 0 Å². The fourth-order valence-electron chi connectivity index (χ4n) is 6.51. The molecule has 3 rings (SSSR count). The third kappa shape index (κ3) is 16.1. The number of aromatic hydroxyl groups is 1. The van der Waals surface area contributed by atoms with Gasteiger partial charge in [-0.3, -0.25) is 24.2 Å². The van der Waals surface area contributed by atoms with Crippen LogP contribution in [0.25, 0.3) is 0 Å². The number of hydrogen-bond acceptors (Lipinski definition) is 11. The fraction of sp³-hybridized carbons (Fsp3) is 0.511. The molecule has 2 heterocycles. The number of fused-ring (bicyclic) bond motifs is 2. The van der Waals surface area contributed by atoms with Crippen molar-refractivity contribution in [2.75, 3.05) is 6.54 Å². The smallest absolute Gasteiger partial charge is 0.331 e. The van der Waals surface area contributed by atoms with Gasteiger partial charge in [0.15, 0.2) is 0 Å². The van der Waals surface area contributed by atoms with Gasteiger partial charge < -0.3 is 35.1 Å². The van der Waals surface area contributed by atoms with Gasteiger partial charge in [0.2, 0.25) is 11.8 Å². The van der Waals surface area contributed by atoms with Gasteiger partial charge in [-0.25, -0.2) is 10.2 Å². The van der Waals surface area contributed by atoms with Crippen LogP contribution < -0.4 is 16.1 Å². The number of aliphatic hydroxyl groups excluding tert-OH is 1. The van der Waals surface area contributed by atoms with E-state index in [1.165, 1.54) is 36.2 Å². The zero-order chi connectivity index (χ0) is 43.9. The molecule has 59 heavy (non-hydrogen) atoms. The molecule has 3 amide bonds. The van der Waals surface area contributed by atoms with E-state index in [1.807, 2.05) is 0 Å². The lowest BCUT2D eigenvalue weighted by atomic mass is 9.89. The number of phenols is 1. The van der Waals surface area contributed by atoms with E-state index in [2.05, 4.69) is 16.1 Å². The molecule has 1 fully saturated rings. The van der Waals surface area contributed by atoms with E-state index in [1.54, 1.807) is 97.1 Å². The highest BCUT2D eigenvalue weighted by molar-refractivity contribution is 5.93. The molecule has 322 valence electrons. The maximum atomic E-state index is 14.3. The number of allylic oxidation sites excluding steroid dienone is 6. The highest BCUT2D eigenvalue weighted by atomic mass is 16.6. The quantitative estimate of drug-likeness (QED) is 0.132. The van der Waals surface area contributed by atoms with E-state index in [4.69, 9.17) is 9.47 Å². The molecule has 0 spiro atoms. The number of aliphatic hydroxyl groups is 1. The van der Waals surface area contributed by atoms with E-state index < -0.39 is 77.4 Å². The van der Waals surface area contributed by atoms with Crippen molar-refractivity contribution in [3.63, 3.8) is 0 Å². The monoisotopic (exact) mass is 818 g/mol. The highest BCUT2D eigenvalue weighted by Gasteiger charge is 2.37. The summed E-state index contributed by atoms with van der Waals surface area (Å²) in [5.41, 5.74) is 3.96.